The van der Waals surface area contributed by atoms with Gasteiger partial charge in [-0.3, -0.25) is 4.90 Å². The van der Waals surface area contributed by atoms with Crippen LogP contribution in [-0.4, -0.2) is 17.5 Å². The minimum absolute atomic E-state index is 0.781. The molecule has 0 aliphatic carbocycles. The molecule has 1 nitrogen and oxygen atoms in total. The quantitative estimate of drug-likeness (QED) is 0.746. The molecule has 0 spiro atoms. The van der Waals surface area contributed by atoms with Crippen molar-refractivity contribution in [3.8, 4) is 0 Å². The summed E-state index contributed by atoms with van der Waals surface area (Å²) >= 11 is 0. The summed E-state index contributed by atoms with van der Waals surface area (Å²) in [6.07, 6.45) is 4.16. The van der Waals surface area contributed by atoms with E-state index in [2.05, 4.69) is 49.1 Å². The van der Waals surface area contributed by atoms with Crippen LogP contribution in [0.15, 0.2) is 30.3 Å². The molecular weight excluding hydrogens is 194 g/mol. The number of hydrogen-bond acceptors (Lipinski definition) is 1. The average Bonchev–Trinajstić information content (AvgIpc) is 2.31. The van der Waals surface area contributed by atoms with Crippen molar-refractivity contribution in [1.82, 2.24) is 4.90 Å². The first-order chi connectivity index (χ1) is 7.77. The highest BCUT2D eigenvalue weighted by atomic mass is 15.2. The third-order valence-electron chi connectivity index (χ3n) is 3.66. The first-order valence-electron chi connectivity index (χ1n) is 6.55. The van der Waals surface area contributed by atoms with Crippen LogP contribution in [0.1, 0.15) is 38.7 Å². The highest BCUT2D eigenvalue weighted by Crippen LogP contribution is 2.24. The van der Waals surface area contributed by atoms with Gasteiger partial charge in [0.05, 0.1) is 0 Å². The van der Waals surface area contributed by atoms with Crippen LogP contribution in [0.25, 0.3) is 0 Å². The van der Waals surface area contributed by atoms with Crippen molar-refractivity contribution in [2.75, 3.05) is 6.54 Å². The van der Waals surface area contributed by atoms with Gasteiger partial charge in [0.15, 0.2) is 0 Å². The molecule has 1 aromatic rings. The lowest BCUT2D eigenvalue weighted by molar-refractivity contribution is 0.104. The predicted octanol–water partition coefficient (Wildman–Crippen LogP) is 3.70. The Balaban J connectivity index is 2.01. The molecule has 1 heteroatoms. The number of benzene rings is 1. The Labute approximate surface area is 99.5 Å². The van der Waals surface area contributed by atoms with E-state index in [1.165, 1.54) is 31.4 Å². The Morgan fingerprint density at radius 3 is 2.62 bits per heavy atom. The molecule has 1 fully saturated rings. The summed E-state index contributed by atoms with van der Waals surface area (Å²) in [6, 6.07) is 11.7. The Kier molecular flexibility index (Phi) is 4.00. The van der Waals surface area contributed by atoms with Gasteiger partial charge in [-0.25, -0.2) is 0 Å². The van der Waals surface area contributed by atoms with E-state index >= 15 is 0 Å². The molecule has 88 valence electrons. The summed E-state index contributed by atoms with van der Waals surface area (Å²) in [6.45, 7) is 7.11. The molecule has 1 aliphatic rings. The van der Waals surface area contributed by atoms with Crippen LogP contribution in [0, 0.1) is 5.92 Å². The van der Waals surface area contributed by atoms with Gasteiger partial charge >= 0.3 is 0 Å². The van der Waals surface area contributed by atoms with Crippen molar-refractivity contribution in [2.24, 2.45) is 5.92 Å². The topological polar surface area (TPSA) is 3.24 Å². The Morgan fingerprint density at radius 2 is 1.94 bits per heavy atom. The molecule has 0 N–H and O–H groups in total. The average molecular weight is 217 g/mol. The molecular formula is C15H23N. The fraction of sp³-hybridized carbons (Fsp3) is 0.600. The smallest absolute Gasteiger partial charge is 0.0236 e. The van der Waals surface area contributed by atoms with Crippen molar-refractivity contribution in [2.45, 2.75) is 45.7 Å². The van der Waals surface area contributed by atoms with Crippen LogP contribution in [0.3, 0.4) is 0 Å². The van der Waals surface area contributed by atoms with Gasteiger partial charge in [0.1, 0.15) is 0 Å². The van der Waals surface area contributed by atoms with E-state index in [1.54, 1.807) is 0 Å². The van der Waals surface area contributed by atoms with Gasteiger partial charge in [-0.2, -0.15) is 0 Å². The Hall–Kier alpha value is -0.820. The van der Waals surface area contributed by atoms with Crippen molar-refractivity contribution >= 4 is 0 Å². The molecule has 0 radical (unpaired) electrons. The third kappa shape index (κ3) is 2.85. The second kappa shape index (κ2) is 5.49. The third-order valence-corrected chi connectivity index (χ3v) is 3.66. The minimum atomic E-state index is 0.781. The van der Waals surface area contributed by atoms with Gasteiger partial charge in [-0.15, -0.1) is 0 Å². The normalized spacial score (nSPS) is 22.6. The van der Waals surface area contributed by atoms with E-state index in [9.17, 15) is 0 Å². The molecule has 1 aromatic carbocycles. The van der Waals surface area contributed by atoms with E-state index in [0.29, 0.717) is 0 Å². The van der Waals surface area contributed by atoms with E-state index < -0.39 is 0 Å². The van der Waals surface area contributed by atoms with E-state index in [0.717, 1.165) is 18.5 Å². The zero-order valence-electron chi connectivity index (χ0n) is 10.5. The van der Waals surface area contributed by atoms with Crippen molar-refractivity contribution in [1.29, 1.82) is 0 Å². The van der Waals surface area contributed by atoms with Crippen molar-refractivity contribution in [3.63, 3.8) is 0 Å². The summed E-state index contributed by atoms with van der Waals surface area (Å²) in [5, 5.41) is 0. The standard InChI is InChI=1S/C15H23N/c1-13(2)15-10-6-7-11-16(15)12-14-8-4-3-5-9-14/h3-5,8-9,13,15H,6-7,10-12H2,1-2H3/t15-/m0/s1. The molecule has 1 saturated heterocycles. The van der Waals surface area contributed by atoms with Gasteiger partial charge in [0.25, 0.3) is 0 Å². The van der Waals surface area contributed by atoms with Gasteiger partial charge in [0.2, 0.25) is 0 Å². The molecule has 0 unspecified atom stereocenters. The zero-order valence-corrected chi connectivity index (χ0v) is 10.5. The lowest BCUT2D eigenvalue weighted by Crippen LogP contribution is -2.42. The summed E-state index contributed by atoms with van der Waals surface area (Å²) in [4.78, 5) is 2.67. The number of nitrogens with zero attached hydrogens (tertiary/aromatic N) is 1. The molecule has 0 bridgehead atoms. The van der Waals surface area contributed by atoms with Crippen LogP contribution >= 0.6 is 0 Å². The number of hydrogen-bond donors (Lipinski definition) is 0. The molecule has 16 heavy (non-hydrogen) atoms. The molecule has 1 aliphatic heterocycles. The maximum absolute atomic E-state index is 2.67. The summed E-state index contributed by atoms with van der Waals surface area (Å²) < 4.78 is 0. The van der Waals surface area contributed by atoms with Crippen molar-refractivity contribution < 1.29 is 0 Å². The first kappa shape index (κ1) is 11.7. The second-order valence-electron chi connectivity index (χ2n) is 5.26. The van der Waals surface area contributed by atoms with Crippen LogP contribution < -0.4 is 0 Å². The Bertz CT molecular complexity index is 304. The second-order valence-corrected chi connectivity index (χ2v) is 5.26. The van der Waals surface area contributed by atoms with Crippen molar-refractivity contribution in [3.05, 3.63) is 35.9 Å². The molecule has 2 rings (SSSR count). The van der Waals surface area contributed by atoms with E-state index in [4.69, 9.17) is 0 Å². The van der Waals surface area contributed by atoms with Crippen LogP contribution in [0.2, 0.25) is 0 Å². The zero-order chi connectivity index (χ0) is 11.4. The van der Waals surface area contributed by atoms with Crippen LogP contribution in [0.4, 0.5) is 0 Å². The maximum atomic E-state index is 2.67. The fourth-order valence-electron chi connectivity index (χ4n) is 2.79. The number of likely N-dealkylation sites (tertiary alicyclic amines) is 1. The van der Waals surface area contributed by atoms with E-state index in [1.807, 2.05) is 0 Å². The first-order valence-corrected chi connectivity index (χ1v) is 6.55. The van der Waals surface area contributed by atoms with Gasteiger partial charge in [-0.1, -0.05) is 50.6 Å². The largest absolute Gasteiger partial charge is 0.296 e. The summed E-state index contributed by atoms with van der Waals surface area (Å²) in [5.41, 5.74) is 1.45. The molecule has 0 aromatic heterocycles. The van der Waals surface area contributed by atoms with Crippen LogP contribution in [0.5, 0.6) is 0 Å². The predicted molar refractivity (Wildman–Crippen MR) is 69.3 cm³/mol. The molecule has 0 saturated carbocycles. The molecule has 0 amide bonds. The maximum Gasteiger partial charge on any atom is 0.0236 e. The summed E-state index contributed by atoms with van der Waals surface area (Å²) in [5.74, 6) is 0.781. The number of piperidine rings is 1. The lowest BCUT2D eigenvalue weighted by Gasteiger charge is -2.38. The lowest BCUT2D eigenvalue weighted by atomic mass is 9.92. The highest BCUT2D eigenvalue weighted by molar-refractivity contribution is 5.14. The molecule has 1 atom stereocenters. The van der Waals surface area contributed by atoms with Crippen LogP contribution in [-0.2, 0) is 6.54 Å². The fourth-order valence-corrected chi connectivity index (χ4v) is 2.79. The Morgan fingerprint density at radius 1 is 1.19 bits per heavy atom. The summed E-state index contributed by atoms with van der Waals surface area (Å²) in [7, 11) is 0. The number of rotatable bonds is 3. The van der Waals surface area contributed by atoms with E-state index in [-0.39, 0.29) is 0 Å². The SMILES string of the molecule is CC(C)[C@@H]1CCCCN1Cc1ccccc1. The van der Waals surface area contributed by atoms with Gasteiger partial charge in [0, 0.05) is 12.6 Å². The van der Waals surface area contributed by atoms with Gasteiger partial charge in [-0.05, 0) is 30.9 Å². The van der Waals surface area contributed by atoms with Gasteiger partial charge < -0.3 is 0 Å². The highest BCUT2D eigenvalue weighted by Gasteiger charge is 2.24. The monoisotopic (exact) mass is 217 g/mol. The molecule has 1 heterocycles. The minimum Gasteiger partial charge on any atom is -0.296 e.